The fraction of sp³-hybridized carbons (Fsp3) is 0.364. The van der Waals surface area contributed by atoms with Gasteiger partial charge in [-0.05, 0) is 6.07 Å². The predicted molar refractivity (Wildman–Crippen MR) is 72.9 cm³/mol. The number of esters is 1. The standard InChI is InChI=1S/C11H14N2O4S2/c1-17-11(14)8-19(15,16)13-6-10-5-9(7-18-10)3-2-4-12/h5,7,13H,4,6,8,12H2,1H3. The second-order valence-electron chi connectivity index (χ2n) is 3.46. The minimum absolute atomic E-state index is 0.119. The molecule has 0 spiro atoms. The van der Waals surface area contributed by atoms with Crippen molar-refractivity contribution in [2.75, 3.05) is 19.4 Å². The Morgan fingerprint density at radius 1 is 1.58 bits per heavy atom. The van der Waals surface area contributed by atoms with E-state index in [1.807, 2.05) is 5.38 Å². The molecule has 0 aromatic carbocycles. The third kappa shape index (κ3) is 5.85. The summed E-state index contributed by atoms with van der Waals surface area (Å²) < 4.78 is 29.6. The third-order valence-corrected chi connectivity index (χ3v) is 4.13. The smallest absolute Gasteiger partial charge is 0.322 e. The van der Waals surface area contributed by atoms with Gasteiger partial charge in [-0.15, -0.1) is 11.3 Å². The molecule has 0 amide bonds. The first-order valence-electron chi connectivity index (χ1n) is 5.27. The number of nitrogens with two attached hydrogens (primary N) is 1. The maximum Gasteiger partial charge on any atom is 0.322 e. The fourth-order valence-corrected chi connectivity index (χ4v) is 2.89. The molecular formula is C11H14N2O4S2. The third-order valence-electron chi connectivity index (χ3n) is 1.99. The van der Waals surface area contributed by atoms with Crippen LogP contribution >= 0.6 is 11.3 Å². The first-order valence-corrected chi connectivity index (χ1v) is 7.80. The molecule has 6 nitrogen and oxygen atoms in total. The molecule has 0 saturated heterocycles. The molecular weight excluding hydrogens is 288 g/mol. The van der Waals surface area contributed by atoms with Crippen molar-refractivity contribution in [2.45, 2.75) is 6.54 Å². The van der Waals surface area contributed by atoms with Crippen LogP contribution < -0.4 is 10.5 Å². The second-order valence-corrected chi connectivity index (χ2v) is 6.27. The Hall–Kier alpha value is -1.40. The fourth-order valence-electron chi connectivity index (χ4n) is 1.14. The van der Waals surface area contributed by atoms with Crippen LogP contribution in [0.5, 0.6) is 0 Å². The Morgan fingerprint density at radius 3 is 2.95 bits per heavy atom. The van der Waals surface area contributed by atoms with E-state index in [0.29, 0.717) is 0 Å². The molecule has 0 radical (unpaired) electrons. The largest absolute Gasteiger partial charge is 0.468 e. The molecule has 8 heteroatoms. The summed E-state index contributed by atoms with van der Waals surface area (Å²) in [6.45, 7) is 0.394. The summed E-state index contributed by atoms with van der Waals surface area (Å²) in [5, 5.41) is 1.81. The van der Waals surface area contributed by atoms with Crippen molar-refractivity contribution in [1.82, 2.24) is 4.72 Å². The lowest BCUT2D eigenvalue weighted by Crippen LogP contribution is -2.30. The van der Waals surface area contributed by atoms with Crippen molar-refractivity contribution in [3.63, 3.8) is 0 Å². The van der Waals surface area contributed by atoms with E-state index >= 15 is 0 Å². The van der Waals surface area contributed by atoms with E-state index in [1.54, 1.807) is 6.07 Å². The highest BCUT2D eigenvalue weighted by Crippen LogP contribution is 2.13. The number of hydrogen-bond acceptors (Lipinski definition) is 6. The van der Waals surface area contributed by atoms with Gasteiger partial charge in [-0.25, -0.2) is 13.1 Å². The highest BCUT2D eigenvalue weighted by atomic mass is 32.2. The Kier molecular flexibility index (Phi) is 5.98. The Morgan fingerprint density at radius 2 is 2.32 bits per heavy atom. The van der Waals surface area contributed by atoms with Crippen molar-refractivity contribution in [3.8, 4) is 11.8 Å². The molecule has 1 heterocycles. The van der Waals surface area contributed by atoms with Gasteiger partial charge < -0.3 is 10.5 Å². The molecule has 0 aliphatic carbocycles. The van der Waals surface area contributed by atoms with Crippen molar-refractivity contribution in [2.24, 2.45) is 5.73 Å². The highest BCUT2D eigenvalue weighted by Gasteiger charge is 2.16. The number of carbonyl (C=O) groups excluding carboxylic acids is 1. The quantitative estimate of drug-likeness (QED) is 0.572. The summed E-state index contributed by atoms with van der Waals surface area (Å²) in [4.78, 5) is 11.7. The van der Waals surface area contributed by atoms with Crippen LogP contribution in [0, 0.1) is 11.8 Å². The minimum atomic E-state index is -3.67. The molecule has 3 N–H and O–H groups in total. The van der Waals surface area contributed by atoms with Crippen molar-refractivity contribution >= 4 is 27.3 Å². The number of carbonyl (C=O) groups is 1. The van der Waals surface area contributed by atoms with Crippen molar-refractivity contribution < 1.29 is 17.9 Å². The van der Waals surface area contributed by atoms with Crippen LogP contribution in [0.4, 0.5) is 0 Å². The monoisotopic (exact) mass is 302 g/mol. The first kappa shape index (κ1) is 15.7. The van der Waals surface area contributed by atoms with E-state index in [9.17, 15) is 13.2 Å². The number of thiophene rings is 1. The molecule has 1 aromatic rings. The van der Waals surface area contributed by atoms with Crippen LogP contribution in [-0.2, 0) is 26.1 Å². The van der Waals surface area contributed by atoms with Gasteiger partial charge in [-0.3, -0.25) is 4.79 Å². The number of nitrogens with one attached hydrogen (secondary N) is 1. The van der Waals surface area contributed by atoms with Gasteiger partial charge in [0.2, 0.25) is 10.0 Å². The molecule has 104 valence electrons. The molecule has 0 saturated carbocycles. The maximum absolute atomic E-state index is 11.5. The van der Waals surface area contributed by atoms with Gasteiger partial charge >= 0.3 is 5.97 Å². The van der Waals surface area contributed by atoms with Crippen LogP contribution in [0.3, 0.4) is 0 Å². The molecule has 1 rings (SSSR count). The second kappa shape index (κ2) is 7.25. The van der Waals surface area contributed by atoms with Gasteiger partial charge in [0.15, 0.2) is 5.75 Å². The van der Waals surface area contributed by atoms with Crippen LogP contribution in [-0.4, -0.2) is 33.8 Å². The van der Waals surface area contributed by atoms with Gasteiger partial charge in [0.1, 0.15) is 0 Å². The lowest BCUT2D eigenvalue weighted by Gasteiger charge is -2.03. The number of ether oxygens (including phenoxy) is 1. The number of rotatable bonds is 5. The van der Waals surface area contributed by atoms with Crippen LogP contribution in [0.15, 0.2) is 11.4 Å². The van der Waals surface area contributed by atoms with Gasteiger partial charge in [-0.2, -0.15) is 0 Å². The Balaban J connectivity index is 2.57. The van der Waals surface area contributed by atoms with Crippen LogP contribution in [0.2, 0.25) is 0 Å². The SMILES string of the molecule is COC(=O)CS(=O)(=O)NCc1cc(C#CCN)cs1. The average Bonchev–Trinajstić information content (AvgIpc) is 2.81. The summed E-state index contributed by atoms with van der Waals surface area (Å²) in [6, 6.07) is 1.77. The molecule has 0 fully saturated rings. The first-order chi connectivity index (χ1) is 8.96. The van der Waals surface area contributed by atoms with Crippen molar-refractivity contribution in [3.05, 3.63) is 21.9 Å². The van der Waals surface area contributed by atoms with Crippen molar-refractivity contribution in [1.29, 1.82) is 0 Å². The number of methoxy groups -OCH3 is 1. The lowest BCUT2D eigenvalue weighted by molar-refractivity contribution is -0.137. The summed E-state index contributed by atoms with van der Waals surface area (Å²) >= 11 is 1.38. The van der Waals surface area contributed by atoms with Crippen LogP contribution in [0.1, 0.15) is 10.4 Å². The van der Waals surface area contributed by atoms with E-state index < -0.39 is 21.7 Å². The molecule has 19 heavy (non-hydrogen) atoms. The Labute approximate surface area is 116 Å². The van der Waals surface area contributed by atoms with Gasteiger partial charge in [0, 0.05) is 22.4 Å². The van der Waals surface area contributed by atoms with E-state index in [-0.39, 0.29) is 13.1 Å². The van der Waals surface area contributed by atoms with E-state index in [0.717, 1.165) is 17.6 Å². The van der Waals surface area contributed by atoms with Gasteiger partial charge in [0.05, 0.1) is 13.7 Å². The molecule has 0 bridgehead atoms. The van der Waals surface area contributed by atoms with Gasteiger partial charge in [-0.1, -0.05) is 11.8 Å². The highest BCUT2D eigenvalue weighted by molar-refractivity contribution is 7.90. The zero-order chi connectivity index (χ0) is 14.3. The van der Waals surface area contributed by atoms with Crippen LogP contribution in [0.25, 0.3) is 0 Å². The molecule has 1 aromatic heterocycles. The zero-order valence-corrected chi connectivity index (χ0v) is 11.9. The van der Waals surface area contributed by atoms with E-state index in [2.05, 4.69) is 21.3 Å². The lowest BCUT2D eigenvalue weighted by atomic mass is 10.3. The zero-order valence-electron chi connectivity index (χ0n) is 10.3. The Bertz CT molecular complexity index is 596. The summed E-state index contributed by atoms with van der Waals surface area (Å²) in [5.74, 6) is 4.07. The summed E-state index contributed by atoms with van der Waals surface area (Å²) in [5.41, 5.74) is 6.04. The van der Waals surface area contributed by atoms with Gasteiger partial charge in [0.25, 0.3) is 0 Å². The number of hydrogen-bond donors (Lipinski definition) is 2. The topological polar surface area (TPSA) is 98.5 Å². The normalized spacial score (nSPS) is 10.6. The van der Waals surface area contributed by atoms with E-state index in [4.69, 9.17) is 5.73 Å². The number of sulfonamides is 1. The minimum Gasteiger partial charge on any atom is -0.468 e. The molecule has 0 aliphatic heterocycles. The molecule has 0 atom stereocenters. The molecule has 0 unspecified atom stereocenters. The average molecular weight is 302 g/mol. The van der Waals surface area contributed by atoms with E-state index in [1.165, 1.54) is 11.3 Å². The maximum atomic E-state index is 11.5. The molecule has 0 aliphatic rings. The predicted octanol–water partition coefficient (Wildman–Crippen LogP) is -0.349. The summed E-state index contributed by atoms with van der Waals surface area (Å²) in [6.07, 6.45) is 0. The summed E-state index contributed by atoms with van der Waals surface area (Å²) in [7, 11) is -2.53.